The molecule has 3 unspecified atom stereocenters. The molecule has 1 amide bonds. The van der Waals surface area contributed by atoms with Crippen molar-refractivity contribution in [3.8, 4) is 5.69 Å². The highest BCUT2D eigenvalue weighted by Gasteiger charge is 2.34. The van der Waals surface area contributed by atoms with Crippen molar-refractivity contribution in [3.63, 3.8) is 0 Å². The number of amides is 1. The van der Waals surface area contributed by atoms with E-state index in [9.17, 15) is 4.79 Å². The maximum Gasteiger partial charge on any atom is 0.291 e. The second-order valence-corrected chi connectivity index (χ2v) is 8.44. The number of para-hydroxylation sites is 1. The van der Waals surface area contributed by atoms with Gasteiger partial charge < -0.3 is 5.32 Å². The number of benzene rings is 1. The van der Waals surface area contributed by atoms with Crippen LogP contribution in [0, 0.1) is 11.8 Å². The number of carbonyl (C=O) groups excluding carboxylic acids is 1. The first-order valence-corrected chi connectivity index (χ1v) is 10.5. The Morgan fingerprint density at radius 1 is 1.19 bits per heavy atom. The third kappa shape index (κ3) is 3.72. The van der Waals surface area contributed by atoms with Crippen LogP contribution in [-0.2, 0) is 6.42 Å². The van der Waals surface area contributed by atoms with Gasteiger partial charge in [0, 0.05) is 12.5 Å². The van der Waals surface area contributed by atoms with Gasteiger partial charge in [-0.15, -0.1) is 5.10 Å². The molecule has 0 aliphatic heterocycles. The van der Waals surface area contributed by atoms with Crippen LogP contribution in [0.5, 0.6) is 0 Å². The molecule has 5 nitrogen and oxygen atoms in total. The topological polar surface area (TPSA) is 59.8 Å². The molecule has 2 aromatic rings. The smallest absolute Gasteiger partial charge is 0.291 e. The molecule has 1 aromatic carbocycles. The Morgan fingerprint density at radius 2 is 1.93 bits per heavy atom. The summed E-state index contributed by atoms with van der Waals surface area (Å²) in [5.74, 6) is 2.26. The molecule has 4 rings (SSSR count). The van der Waals surface area contributed by atoms with Gasteiger partial charge in [0.15, 0.2) is 0 Å². The van der Waals surface area contributed by atoms with Crippen LogP contribution in [0.25, 0.3) is 5.69 Å². The largest absolute Gasteiger partial charge is 0.347 e. The van der Waals surface area contributed by atoms with Crippen LogP contribution in [0.15, 0.2) is 18.2 Å². The van der Waals surface area contributed by atoms with Crippen LogP contribution >= 0.6 is 23.2 Å². The van der Waals surface area contributed by atoms with E-state index in [0.717, 1.165) is 24.7 Å². The molecule has 0 radical (unpaired) electrons. The van der Waals surface area contributed by atoms with Crippen LogP contribution in [-0.4, -0.2) is 26.7 Å². The molecule has 144 valence electrons. The van der Waals surface area contributed by atoms with E-state index >= 15 is 0 Å². The van der Waals surface area contributed by atoms with E-state index < -0.39 is 0 Å². The average molecular weight is 407 g/mol. The van der Waals surface area contributed by atoms with Crippen molar-refractivity contribution in [2.24, 2.45) is 11.8 Å². The molecular weight excluding hydrogens is 383 g/mol. The first-order valence-electron chi connectivity index (χ1n) is 9.78. The molecule has 2 aliphatic carbocycles. The summed E-state index contributed by atoms with van der Waals surface area (Å²) in [4.78, 5) is 17.2. The lowest BCUT2D eigenvalue weighted by molar-refractivity contribution is 0.0900. The van der Waals surface area contributed by atoms with Crippen molar-refractivity contribution in [1.82, 2.24) is 20.1 Å². The zero-order valence-corrected chi connectivity index (χ0v) is 16.9. The Morgan fingerprint density at radius 3 is 2.67 bits per heavy atom. The predicted octanol–water partition coefficient (Wildman–Crippen LogP) is 4.84. The maximum absolute atomic E-state index is 12.8. The SMILES string of the molecule is CCc1nc(C(=O)NC2CCC3CCCC3C2)nn1-c1c(Cl)cccc1Cl. The van der Waals surface area contributed by atoms with Gasteiger partial charge in [-0.1, -0.05) is 55.5 Å². The first kappa shape index (κ1) is 18.8. The highest BCUT2D eigenvalue weighted by atomic mass is 35.5. The van der Waals surface area contributed by atoms with Gasteiger partial charge in [0.25, 0.3) is 5.91 Å². The quantitative estimate of drug-likeness (QED) is 0.790. The molecule has 2 saturated carbocycles. The number of hydrogen-bond acceptors (Lipinski definition) is 3. The molecule has 7 heteroatoms. The van der Waals surface area contributed by atoms with Crippen molar-refractivity contribution in [1.29, 1.82) is 0 Å². The summed E-state index contributed by atoms with van der Waals surface area (Å²) in [6.07, 6.45) is 7.95. The van der Waals surface area contributed by atoms with Crippen molar-refractivity contribution in [3.05, 3.63) is 39.9 Å². The summed E-state index contributed by atoms with van der Waals surface area (Å²) in [7, 11) is 0. The van der Waals surface area contributed by atoms with Gasteiger partial charge in [0.2, 0.25) is 5.82 Å². The summed E-state index contributed by atoms with van der Waals surface area (Å²) < 4.78 is 1.59. The summed E-state index contributed by atoms with van der Waals surface area (Å²) in [6.45, 7) is 1.97. The van der Waals surface area contributed by atoms with Crippen molar-refractivity contribution >= 4 is 29.1 Å². The lowest BCUT2D eigenvalue weighted by Crippen LogP contribution is -2.40. The Bertz CT molecular complexity index is 830. The maximum atomic E-state index is 12.8. The zero-order valence-electron chi connectivity index (χ0n) is 15.4. The number of rotatable bonds is 4. The van der Waals surface area contributed by atoms with Crippen LogP contribution in [0.4, 0.5) is 0 Å². The molecule has 1 heterocycles. The van der Waals surface area contributed by atoms with E-state index in [-0.39, 0.29) is 17.8 Å². The van der Waals surface area contributed by atoms with Gasteiger partial charge in [-0.3, -0.25) is 4.79 Å². The standard InChI is InChI=1S/C20H24Cl2N4O/c1-2-17-24-19(25-26(17)18-15(21)7-4-8-16(18)22)20(27)23-14-10-9-12-5-3-6-13(12)11-14/h4,7-8,12-14H,2-3,5-6,9-11H2,1H3,(H,23,27). The number of carbonyl (C=O) groups is 1. The fraction of sp³-hybridized carbons (Fsp3) is 0.550. The number of halogens is 2. The van der Waals surface area contributed by atoms with Gasteiger partial charge in [-0.2, -0.15) is 0 Å². The van der Waals surface area contributed by atoms with Crippen molar-refractivity contribution in [2.75, 3.05) is 0 Å². The fourth-order valence-electron chi connectivity index (χ4n) is 4.62. The molecule has 2 aliphatic rings. The summed E-state index contributed by atoms with van der Waals surface area (Å²) in [5, 5.41) is 8.54. The molecule has 1 N–H and O–H groups in total. The van der Waals surface area contributed by atoms with Crippen molar-refractivity contribution < 1.29 is 4.79 Å². The monoisotopic (exact) mass is 406 g/mol. The molecule has 2 fully saturated rings. The number of hydrogen-bond donors (Lipinski definition) is 1. The summed E-state index contributed by atoms with van der Waals surface area (Å²) in [6, 6.07) is 5.51. The average Bonchev–Trinajstić information content (AvgIpc) is 3.28. The van der Waals surface area contributed by atoms with Gasteiger partial charge in [0.1, 0.15) is 11.5 Å². The molecule has 3 atom stereocenters. The second-order valence-electron chi connectivity index (χ2n) is 7.62. The number of nitrogens with zero attached hydrogens (tertiary/aromatic N) is 3. The third-order valence-corrected chi connectivity index (χ3v) is 6.58. The van der Waals surface area contributed by atoms with Crippen LogP contribution in [0.3, 0.4) is 0 Å². The Labute approximate surface area is 169 Å². The van der Waals surface area contributed by atoms with Gasteiger partial charge in [-0.05, 0) is 43.2 Å². The molecule has 27 heavy (non-hydrogen) atoms. The normalized spacial score (nSPS) is 24.6. The van der Waals surface area contributed by atoms with E-state index in [1.807, 2.05) is 6.92 Å². The molecule has 0 bridgehead atoms. The zero-order chi connectivity index (χ0) is 19.0. The summed E-state index contributed by atoms with van der Waals surface area (Å²) in [5.41, 5.74) is 0.565. The second kappa shape index (κ2) is 7.80. The Balaban J connectivity index is 1.54. The highest BCUT2D eigenvalue weighted by molar-refractivity contribution is 6.37. The van der Waals surface area contributed by atoms with E-state index in [1.54, 1.807) is 22.9 Å². The third-order valence-electron chi connectivity index (χ3n) is 5.97. The Hall–Kier alpha value is -1.59. The van der Waals surface area contributed by atoms with Crippen LogP contribution in [0.1, 0.15) is 61.9 Å². The minimum Gasteiger partial charge on any atom is -0.347 e. The Kier molecular flexibility index (Phi) is 5.42. The minimum absolute atomic E-state index is 0.177. The van der Waals surface area contributed by atoms with Gasteiger partial charge in [0.05, 0.1) is 10.0 Å². The fourth-order valence-corrected chi connectivity index (χ4v) is 5.18. The summed E-state index contributed by atoms with van der Waals surface area (Å²) >= 11 is 12.6. The lowest BCUT2D eigenvalue weighted by atomic mass is 9.79. The number of aryl methyl sites for hydroxylation is 1. The molecule has 0 spiro atoms. The number of fused-ring (bicyclic) bond motifs is 1. The van der Waals surface area contributed by atoms with E-state index in [1.165, 1.54) is 25.7 Å². The van der Waals surface area contributed by atoms with Crippen LogP contribution in [0.2, 0.25) is 10.0 Å². The van der Waals surface area contributed by atoms with Crippen LogP contribution < -0.4 is 5.32 Å². The molecule has 0 saturated heterocycles. The number of nitrogens with one attached hydrogen (secondary N) is 1. The van der Waals surface area contributed by atoms with Gasteiger partial charge >= 0.3 is 0 Å². The predicted molar refractivity (Wildman–Crippen MR) is 107 cm³/mol. The molecule has 1 aromatic heterocycles. The first-order chi connectivity index (χ1) is 13.1. The van der Waals surface area contributed by atoms with Crippen molar-refractivity contribution in [2.45, 2.75) is 57.9 Å². The highest BCUT2D eigenvalue weighted by Crippen LogP contribution is 2.42. The minimum atomic E-state index is -0.215. The number of aromatic nitrogens is 3. The van der Waals surface area contributed by atoms with E-state index in [0.29, 0.717) is 28.0 Å². The van der Waals surface area contributed by atoms with E-state index in [2.05, 4.69) is 15.4 Å². The lowest BCUT2D eigenvalue weighted by Gasteiger charge is -2.32. The van der Waals surface area contributed by atoms with Gasteiger partial charge in [-0.25, -0.2) is 9.67 Å². The molecular formula is C20H24Cl2N4O. The van der Waals surface area contributed by atoms with E-state index in [4.69, 9.17) is 23.2 Å².